The molecule has 1 aliphatic carbocycles. The van der Waals surface area contributed by atoms with Crippen molar-refractivity contribution >= 4 is 18.0 Å². The van der Waals surface area contributed by atoms with Gasteiger partial charge in [0.25, 0.3) is 0 Å². The lowest BCUT2D eigenvalue weighted by molar-refractivity contribution is -0.140. The van der Waals surface area contributed by atoms with Crippen molar-refractivity contribution in [2.45, 2.75) is 39.2 Å². The maximum Gasteiger partial charge on any atom is 0.323 e. The van der Waals surface area contributed by atoms with Crippen LogP contribution in [0.15, 0.2) is 0 Å². The Morgan fingerprint density at radius 2 is 1.74 bits per heavy atom. The van der Waals surface area contributed by atoms with Crippen LogP contribution in [0.2, 0.25) is 0 Å². The number of carboxylic acids is 2. The molecule has 0 aliphatic heterocycles. The fourth-order valence-corrected chi connectivity index (χ4v) is 2.36. The maximum absolute atomic E-state index is 11.9. The highest BCUT2D eigenvalue weighted by atomic mass is 16.4. The predicted molar refractivity (Wildman–Crippen MR) is 66.8 cm³/mol. The molecular weight excluding hydrogens is 252 g/mol. The van der Waals surface area contributed by atoms with Gasteiger partial charge in [0, 0.05) is 6.04 Å². The lowest BCUT2D eigenvalue weighted by Gasteiger charge is -2.30. The third-order valence-electron chi connectivity index (χ3n) is 3.49. The zero-order chi connectivity index (χ0) is 14.6. The minimum absolute atomic E-state index is 0.0478. The van der Waals surface area contributed by atoms with Crippen LogP contribution in [0.4, 0.5) is 4.79 Å². The summed E-state index contributed by atoms with van der Waals surface area (Å²) in [7, 11) is 0. The molecule has 7 heteroatoms. The molecule has 0 radical (unpaired) electrons. The van der Waals surface area contributed by atoms with Crippen LogP contribution in [0.3, 0.4) is 0 Å². The Balaban J connectivity index is 2.66. The second-order valence-corrected chi connectivity index (χ2v) is 5.53. The highest BCUT2D eigenvalue weighted by Gasteiger charge is 2.36. The molecule has 1 rings (SSSR count). The van der Waals surface area contributed by atoms with E-state index in [2.05, 4.69) is 5.32 Å². The smallest absolute Gasteiger partial charge is 0.323 e. The van der Waals surface area contributed by atoms with E-state index in [9.17, 15) is 14.4 Å². The van der Waals surface area contributed by atoms with E-state index in [1.807, 2.05) is 13.8 Å². The average Bonchev–Trinajstić information content (AvgIpc) is 2.56. The third-order valence-corrected chi connectivity index (χ3v) is 3.49. The van der Waals surface area contributed by atoms with Gasteiger partial charge in [0.15, 0.2) is 0 Å². The summed E-state index contributed by atoms with van der Waals surface area (Å²) in [6, 6.07) is -0.685. The van der Waals surface area contributed by atoms with Crippen LogP contribution in [0.1, 0.15) is 33.1 Å². The number of amides is 2. The molecule has 1 saturated carbocycles. The molecule has 7 nitrogen and oxygen atoms in total. The van der Waals surface area contributed by atoms with Gasteiger partial charge in [-0.3, -0.25) is 9.59 Å². The number of carbonyl (C=O) groups excluding carboxylic acids is 1. The maximum atomic E-state index is 11.9. The topological polar surface area (TPSA) is 107 Å². The standard InChI is InChI=1S/C12H20N2O5/c1-12(2)5-3-4-8(12)13-11(19)14(6-9(15)16)7-10(17)18/h8H,3-7H2,1-2H3,(H,13,19)(H,15,16)(H,17,18). The molecule has 0 spiro atoms. The zero-order valence-electron chi connectivity index (χ0n) is 11.2. The molecule has 0 heterocycles. The first-order valence-electron chi connectivity index (χ1n) is 6.21. The number of hydrogen-bond donors (Lipinski definition) is 3. The Morgan fingerprint density at radius 3 is 2.11 bits per heavy atom. The Labute approximate surface area is 111 Å². The van der Waals surface area contributed by atoms with Crippen molar-refractivity contribution in [3.05, 3.63) is 0 Å². The van der Waals surface area contributed by atoms with E-state index in [0.717, 1.165) is 24.2 Å². The third kappa shape index (κ3) is 4.42. The summed E-state index contributed by atoms with van der Waals surface area (Å²) in [6.07, 6.45) is 2.80. The van der Waals surface area contributed by atoms with Crippen molar-refractivity contribution in [1.29, 1.82) is 0 Å². The van der Waals surface area contributed by atoms with E-state index in [1.165, 1.54) is 0 Å². The van der Waals surface area contributed by atoms with Crippen LogP contribution in [0, 0.1) is 5.41 Å². The van der Waals surface area contributed by atoms with E-state index in [0.29, 0.717) is 0 Å². The summed E-state index contributed by atoms with van der Waals surface area (Å²) < 4.78 is 0. The molecule has 19 heavy (non-hydrogen) atoms. The molecule has 2 amide bonds. The largest absolute Gasteiger partial charge is 0.480 e. The quantitative estimate of drug-likeness (QED) is 0.684. The number of rotatable bonds is 5. The summed E-state index contributed by atoms with van der Waals surface area (Å²) >= 11 is 0. The van der Waals surface area contributed by atoms with Crippen LogP contribution in [-0.4, -0.2) is 52.2 Å². The average molecular weight is 272 g/mol. The van der Waals surface area contributed by atoms with Crippen molar-refractivity contribution < 1.29 is 24.6 Å². The van der Waals surface area contributed by atoms with Gasteiger partial charge in [-0.25, -0.2) is 4.79 Å². The summed E-state index contributed by atoms with van der Waals surface area (Å²) in [5.74, 6) is -2.47. The summed E-state index contributed by atoms with van der Waals surface area (Å²) in [4.78, 5) is 34.0. The molecule has 1 fully saturated rings. The monoisotopic (exact) mass is 272 g/mol. The van der Waals surface area contributed by atoms with Gasteiger partial charge in [-0.15, -0.1) is 0 Å². The first-order chi connectivity index (χ1) is 8.72. The minimum atomic E-state index is -1.23. The zero-order valence-corrected chi connectivity index (χ0v) is 11.2. The SMILES string of the molecule is CC1(C)CCCC1NC(=O)N(CC(=O)O)CC(=O)O. The van der Waals surface area contributed by atoms with Crippen molar-refractivity contribution in [1.82, 2.24) is 10.2 Å². The number of hydrogen-bond acceptors (Lipinski definition) is 3. The van der Waals surface area contributed by atoms with Gasteiger partial charge >= 0.3 is 18.0 Å². The summed E-state index contributed by atoms with van der Waals surface area (Å²) in [6.45, 7) is 2.82. The Bertz CT molecular complexity index is 364. The molecule has 3 N–H and O–H groups in total. The molecule has 0 aromatic carbocycles. The summed E-state index contributed by atoms with van der Waals surface area (Å²) in [5, 5.41) is 20.1. The van der Waals surface area contributed by atoms with E-state index >= 15 is 0 Å². The van der Waals surface area contributed by atoms with Gasteiger partial charge in [0.05, 0.1) is 0 Å². The predicted octanol–water partition coefficient (Wildman–Crippen LogP) is 0.746. The molecule has 0 saturated heterocycles. The van der Waals surface area contributed by atoms with Gasteiger partial charge < -0.3 is 20.4 Å². The fourth-order valence-electron chi connectivity index (χ4n) is 2.36. The van der Waals surface area contributed by atoms with E-state index < -0.39 is 31.1 Å². The van der Waals surface area contributed by atoms with Crippen LogP contribution < -0.4 is 5.32 Å². The Hall–Kier alpha value is -1.79. The Morgan fingerprint density at radius 1 is 1.21 bits per heavy atom. The first kappa shape index (κ1) is 15.3. The molecule has 0 aromatic rings. The normalized spacial score (nSPS) is 20.8. The van der Waals surface area contributed by atoms with Crippen LogP contribution in [0.25, 0.3) is 0 Å². The molecule has 1 aliphatic rings. The van der Waals surface area contributed by atoms with Crippen molar-refractivity contribution in [3.8, 4) is 0 Å². The second-order valence-electron chi connectivity index (χ2n) is 5.53. The van der Waals surface area contributed by atoms with E-state index in [-0.39, 0.29) is 11.5 Å². The van der Waals surface area contributed by atoms with Crippen molar-refractivity contribution in [2.24, 2.45) is 5.41 Å². The lowest BCUT2D eigenvalue weighted by atomic mass is 9.87. The molecule has 108 valence electrons. The van der Waals surface area contributed by atoms with Crippen LogP contribution in [0.5, 0.6) is 0 Å². The summed E-state index contributed by atoms with van der Waals surface area (Å²) in [5.41, 5.74) is -0.0478. The number of aliphatic carboxylic acids is 2. The number of urea groups is 1. The van der Waals surface area contributed by atoms with Gasteiger partial charge in [-0.1, -0.05) is 20.3 Å². The van der Waals surface area contributed by atoms with Crippen LogP contribution >= 0.6 is 0 Å². The van der Waals surface area contributed by atoms with Crippen molar-refractivity contribution in [3.63, 3.8) is 0 Å². The first-order valence-corrected chi connectivity index (χ1v) is 6.21. The molecule has 0 bridgehead atoms. The number of carboxylic acid groups (broad SMARTS) is 2. The highest BCUT2D eigenvalue weighted by molar-refractivity contribution is 5.84. The minimum Gasteiger partial charge on any atom is -0.480 e. The van der Waals surface area contributed by atoms with E-state index in [4.69, 9.17) is 10.2 Å². The molecular formula is C12H20N2O5. The van der Waals surface area contributed by atoms with Crippen molar-refractivity contribution in [2.75, 3.05) is 13.1 Å². The Kier molecular flexibility index (Phi) is 4.74. The second kappa shape index (κ2) is 5.90. The van der Waals surface area contributed by atoms with Gasteiger partial charge in [0.1, 0.15) is 13.1 Å². The number of nitrogens with zero attached hydrogens (tertiary/aromatic N) is 1. The fraction of sp³-hybridized carbons (Fsp3) is 0.750. The van der Waals surface area contributed by atoms with Gasteiger partial charge in [0.2, 0.25) is 0 Å². The van der Waals surface area contributed by atoms with Crippen LogP contribution in [-0.2, 0) is 9.59 Å². The molecule has 0 aromatic heterocycles. The van der Waals surface area contributed by atoms with E-state index in [1.54, 1.807) is 0 Å². The molecule has 1 unspecified atom stereocenters. The van der Waals surface area contributed by atoms with Gasteiger partial charge in [-0.05, 0) is 18.3 Å². The highest BCUT2D eigenvalue weighted by Crippen LogP contribution is 2.37. The molecule has 1 atom stereocenters. The number of nitrogens with one attached hydrogen (secondary N) is 1. The number of carbonyl (C=O) groups is 3. The lowest BCUT2D eigenvalue weighted by Crippen LogP contribution is -2.50. The van der Waals surface area contributed by atoms with Gasteiger partial charge in [-0.2, -0.15) is 0 Å².